The van der Waals surface area contributed by atoms with Crippen LogP contribution in [0.25, 0.3) is 5.57 Å². The second kappa shape index (κ2) is 5.38. The van der Waals surface area contributed by atoms with Crippen molar-refractivity contribution in [1.82, 2.24) is 0 Å². The lowest BCUT2D eigenvalue weighted by molar-refractivity contribution is -0.128. The monoisotopic (exact) mass is 292 g/mol. The molecule has 0 N–H and O–H groups in total. The summed E-state index contributed by atoms with van der Waals surface area (Å²) in [6.45, 7) is 0. The molecule has 0 heterocycles. The van der Waals surface area contributed by atoms with Gasteiger partial charge in [0.1, 0.15) is 0 Å². The second-order valence-corrected chi connectivity index (χ2v) is 6.04. The van der Waals surface area contributed by atoms with Gasteiger partial charge < -0.3 is 9.47 Å². The number of hydrogen-bond acceptors (Lipinski definition) is 2. The highest BCUT2D eigenvalue weighted by molar-refractivity contribution is 5.90. The molecule has 0 saturated heterocycles. The molecule has 1 atom stereocenters. The van der Waals surface area contributed by atoms with Crippen LogP contribution in [0.2, 0.25) is 0 Å². The minimum Gasteiger partial charge on any atom is -0.355 e. The molecule has 0 bridgehead atoms. The fourth-order valence-corrected chi connectivity index (χ4v) is 4.01. The quantitative estimate of drug-likeness (QED) is 0.800. The predicted molar refractivity (Wildman–Crippen MR) is 87.6 cm³/mol. The van der Waals surface area contributed by atoms with Gasteiger partial charge in [0.25, 0.3) is 0 Å². The van der Waals surface area contributed by atoms with E-state index in [1.807, 2.05) is 0 Å². The van der Waals surface area contributed by atoms with Crippen molar-refractivity contribution >= 4 is 5.57 Å². The van der Waals surface area contributed by atoms with E-state index in [-0.39, 0.29) is 12.2 Å². The first-order chi connectivity index (χ1) is 10.8. The molecule has 112 valence electrons. The van der Waals surface area contributed by atoms with E-state index >= 15 is 0 Å². The van der Waals surface area contributed by atoms with E-state index in [1.54, 1.807) is 14.2 Å². The number of methoxy groups -OCH3 is 2. The topological polar surface area (TPSA) is 18.5 Å². The summed E-state index contributed by atoms with van der Waals surface area (Å²) in [5, 5.41) is 0. The van der Waals surface area contributed by atoms with Gasteiger partial charge in [-0.25, -0.2) is 0 Å². The Hall–Kier alpha value is -1.90. The van der Waals surface area contributed by atoms with E-state index in [2.05, 4.69) is 48.5 Å². The van der Waals surface area contributed by atoms with E-state index in [9.17, 15) is 0 Å². The van der Waals surface area contributed by atoms with Crippen LogP contribution in [-0.2, 0) is 22.3 Å². The van der Waals surface area contributed by atoms with Gasteiger partial charge in [-0.3, -0.25) is 0 Å². The van der Waals surface area contributed by atoms with Crippen molar-refractivity contribution in [1.29, 1.82) is 0 Å². The Morgan fingerprint density at radius 2 is 1.45 bits per heavy atom. The second-order valence-electron chi connectivity index (χ2n) is 6.04. The Labute approximate surface area is 131 Å². The van der Waals surface area contributed by atoms with E-state index in [1.165, 1.54) is 33.4 Å². The van der Waals surface area contributed by atoms with E-state index in [0.717, 1.165) is 12.8 Å². The van der Waals surface area contributed by atoms with Gasteiger partial charge in [-0.15, -0.1) is 0 Å². The van der Waals surface area contributed by atoms with Crippen molar-refractivity contribution in [3.8, 4) is 0 Å². The van der Waals surface area contributed by atoms with Crippen molar-refractivity contribution < 1.29 is 9.47 Å². The molecular weight excluding hydrogens is 272 g/mol. The minimum absolute atomic E-state index is 0.187. The third-order valence-corrected chi connectivity index (χ3v) is 4.96. The largest absolute Gasteiger partial charge is 0.355 e. The first kappa shape index (κ1) is 13.7. The molecule has 22 heavy (non-hydrogen) atoms. The van der Waals surface area contributed by atoms with Crippen LogP contribution in [0.3, 0.4) is 0 Å². The summed E-state index contributed by atoms with van der Waals surface area (Å²) >= 11 is 0. The molecule has 2 aromatic rings. The van der Waals surface area contributed by atoms with Crippen molar-refractivity contribution in [2.75, 3.05) is 14.2 Å². The smallest absolute Gasteiger partial charge is 0.163 e. The zero-order valence-corrected chi connectivity index (χ0v) is 13.0. The maximum Gasteiger partial charge on any atom is 0.163 e. The summed E-state index contributed by atoms with van der Waals surface area (Å²) in [6.07, 6.45) is 1.80. The van der Waals surface area contributed by atoms with Crippen molar-refractivity contribution in [3.63, 3.8) is 0 Å². The molecule has 0 amide bonds. The first-order valence-electron chi connectivity index (χ1n) is 7.78. The molecular formula is C20H20O2. The van der Waals surface area contributed by atoms with E-state index in [0.29, 0.717) is 0 Å². The van der Waals surface area contributed by atoms with Crippen LogP contribution in [0.15, 0.2) is 54.1 Å². The van der Waals surface area contributed by atoms with Crippen LogP contribution in [0.4, 0.5) is 0 Å². The lowest BCUT2D eigenvalue weighted by Gasteiger charge is -2.32. The Morgan fingerprint density at radius 1 is 0.864 bits per heavy atom. The predicted octanol–water partition coefficient (Wildman–Crippen LogP) is 3.84. The van der Waals surface area contributed by atoms with Gasteiger partial charge in [0.15, 0.2) is 6.29 Å². The third-order valence-electron chi connectivity index (χ3n) is 4.96. The van der Waals surface area contributed by atoms with Crippen molar-refractivity contribution in [3.05, 3.63) is 76.4 Å². The van der Waals surface area contributed by atoms with Gasteiger partial charge >= 0.3 is 0 Å². The average molecular weight is 292 g/mol. The Bertz CT molecular complexity index is 741. The normalized spacial score (nSPS) is 19.1. The van der Waals surface area contributed by atoms with Gasteiger partial charge in [-0.1, -0.05) is 48.5 Å². The summed E-state index contributed by atoms with van der Waals surface area (Å²) in [5.41, 5.74) is 8.43. The SMILES string of the molecule is COC(OC)C1Cc2ccccc2C2=C1Cc1ccccc12. The molecule has 0 radical (unpaired) electrons. The van der Waals surface area contributed by atoms with Crippen LogP contribution in [0.5, 0.6) is 0 Å². The molecule has 0 aliphatic heterocycles. The number of benzene rings is 2. The lowest BCUT2D eigenvalue weighted by atomic mass is 9.78. The highest BCUT2D eigenvalue weighted by Gasteiger charge is 2.37. The maximum absolute atomic E-state index is 5.60. The summed E-state index contributed by atoms with van der Waals surface area (Å²) in [5.74, 6) is 0.285. The molecule has 1 unspecified atom stereocenters. The van der Waals surface area contributed by atoms with Crippen LogP contribution in [-0.4, -0.2) is 20.5 Å². The molecule has 0 fully saturated rings. The molecule has 2 heteroatoms. The number of ether oxygens (including phenoxy) is 2. The highest BCUT2D eigenvalue weighted by Crippen LogP contribution is 2.47. The fraction of sp³-hybridized carbons (Fsp3) is 0.300. The van der Waals surface area contributed by atoms with Crippen LogP contribution >= 0.6 is 0 Å². The number of fused-ring (bicyclic) bond motifs is 4. The van der Waals surface area contributed by atoms with Gasteiger partial charge in [-0.2, -0.15) is 0 Å². The molecule has 0 saturated carbocycles. The minimum atomic E-state index is -0.187. The van der Waals surface area contributed by atoms with Gasteiger partial charge in [-0.05, 0) is 46.2 Å². The van der Waals surface area contributed by atoms with Crippen LogP contribution in [0.1, 0.15) is 22.3 Å². The standard InChI is InChI=1S/C20H20O2/c1-21-20(22-2)18-12-14-8-4-6-10-16(14)19-15-9-5-3-7-13(15)11-17(18)19/h3-10,18,20H,11-12H2,1-2H3. The van der Waals surface area contributed by atoms with Gasteiger partial charge in [0, 0.05) is 20.1 Å². The van der Waals surface area contributed by atoms with Crippen LogP contribution in [0, 0.1) is 5.92 Å². The van der Waals surface area contributed by atoms with Gasteiger partial charge in [0.2, 0.25) is 0 Å². The molecule has 4 rings (SSSR count). The summed E-state index contributed by atoms with van der Waals surface area (Å²) in [4.78, 5) is 0. The Morgan fingerprint density at radius 3 is 2.14 bits per heavy atom. The average Bonchev–Trinajstić information content (AvgIpc) is 2.96. The third kappa shape index (κ3) is 1.95. The highest BCUT2D eigenvalue weighted by atomic mass is 16.7. The molecule has 2 aliphatic rings. The zero-order valence-electron chi connectivity index (χ0n) is 13.0. The van der Waals surface area contributed by atoms with E-state index < -0.39 is 0 Å². The Balaban J connectivity index is 1.91. The number of rotatable bonds is 3. The molecule has 2 nitrogen and oxygen atoms in total. The van der Waals surface area contributed by atoms with Crippen molar-refractivity contribution in [2.45, 2.75) is 19.1 Å². The Kier molecular flexibility index (Phi) is 3.36. The summed E-state index contributed by atoms with van der Waals surface area (Å²) < 4.78 is 11.2. The zero-order chi connectivity index (χ0) is 15.1. The van der Waals surface area contributed by atoms with Crippen LogP contribution < -0.4 is 0 Å². The number of hydrogen-bond donors (Lipinski definition) is 0. The van der Waals surface area contributed by atoms with Crippen molar-refractivity contribution in [2.24, 2.45) is 5.92 Å². The molecule has 2 aliphatic carbocycles. The molecule has 0 spiro atoms. The summed E-state index contributed by atoms with van der Waals surface area (Å²) in [6, 6.07) is 17.5. The first-order valence-corrected chi connectivity index (χ1v) is 7.78. The van der Waals surface area contributed by atoms with Gasteiger partial charge in [0.05, 0.1) is 0 Å². The molecule has 2 aromatic carbocycles. The van der Waals surface area contributed by atoms with E-state index in [4.69, 9.17) is 9.47 Å². The maximum atomic E-state index is 5.60. The summed E-state index contributed by atoms with van der Waals surface area (Å²) in [7, 11) is 3.47. The molecule has 0 aromatic heterocycles. The fourth-order valence-electron chi connectivity index (χ4n) is 4.01. The lowest BCUT2D eigenvalue weighted by Crippen LogP contribution is -2.31.